The molecule has 112 valence electrons. The molecule has 4 heteroatoms. The molecule has 0 radical (unpaired) electrons. The van der Waals surface area contributed by atoms with Gasteiger partial charge in [0, 0.05) is 7.11 Å². The first-order valence-electron chi connectivity index (χ1n) is 7.54. The van der Waals surface area contributed by atoms with Crippen molar-refractivity contribution in [3.63, 3.8) is 0 Å². The average molecular weight is 280 g/mol. The topological polar surface area (TPSA) is 55.8 Å². The smallest absolute Gasteiger partial charge is 0.315 e. The Hall–Kier alpha value is -0.870. The molecular weight excluding hydrogens is 256 g/mol. The van der Waals surface area contributed by atoms with Crippen molar-refractivity contribution < 1.29 is 19.4 Å². The molecule has 1 N–H and O–H groups in total. The van der Waals surface area contributed by atoms with E-state index in [0.717, 1.165) is 19.3 Å². The maximum absolute atomic E-state index is 12.1. The molecule has 0 aromatic rings. The van der Waals surface area contributed by atoms with Gasteiger partial charge in [-0.2, -0.15) is 0 Å². The van der Waals surface area contributed by atoms with Crippen molar-refractivity contribution in [2.45, 2.75) is 57.7 Å². The van der Waals surface area contributed by atoms with Crippen molar-refractivity contribution in [1.82, 2.24) is 0 Å². The van der Waals surface area contributed by atoms with Gasteiger partial charge >= 0.3 is 5.97 Å². The first-order chi connectivity index (χ1) is 9.42. The molecule has 0 aromatic carbocycles. The number of rotatable bonds is 2. The van der Waals surface area contributed by atoms with Gasteiger partial charge in [-0.15, -0.1) is 0 Å². The van der Waals surface area contributed by atoms with Crippen LogP contribution in [0.15, 0.2) is 11.1 Å². The van der Waals surface area contributed by atoms with Crippen LogP contribution in [0.4, 0.5) is 0 Å². The lowest BCUT2D eigenvalue weighted by Crippen LogP contribution is -2.54. The van der Waals surface area contributed by atoms with Crippen LogP contribution in [0.1, 0.15) is 46.0 Å². The summed E-state index contributed by atoms with van der Waals surface area (Å²) in [6.07, 6.45) is 4.43. The molecule has 1 aliphatic heterocycles. The minimum atomic E-state index is -1.08. The van der Waals surface area contributed by atoms with E-state index in [1.165, 1.54) is 17.6 Å². The summed E-state index contributed by atoms with van der Waals surface area (Å²) in [5, 5.41) is 11.1. The van der Waals surface area contributed by atoms with E-state index >= 15 is 0 Å². The van der Waals surface area contributed by atoms with Crippen molar-refractivity contribution in [3.05, 3.63) is 11.1 Å². The lowest BCUT2D eigenvalue weighted by molar-refractivity contribution is -0.144. The molecule has 2 unspecified atom stereocenters. The fraction of sp³-hybridized carbons (Fsp3) is 0.812. The molecular formula is C16H24O4. The molecule has 0 spiro atoms. The van der Waals surface area contributed by atoms with Crippen LogP contribution < -0.4 is 0 Å². The highest BCUT2D eigenvalue weighted by Crippen LogP contribution is 2.57. The number of ether oxygens (including phenoxy) is 2. The number of carbonyl (C=O) groups is 1. The second-order valence-electron chi connectivity index (χ2n) is 6.92. The van der Waals surface area contributed by atoms with Crippen LogP contribution in [0.5, 0.6) is 0 Å². The number of allylic oxidation sites excluding steroid dienone is 1. The zero-order valence-corrected chi connectivity index (χ0v) is 12.6. The molecule has 3 rings (SSSR count). The number of aliphatic hydroxyl groups is 1. The van der Waals surface area contributed by atoms with Crippen molar-refractivity contribution in [2.24, 2.45) is 11.3 Å². The number of hydrogen-bond donors (Lipinski definition) is 1. The largest absolute Gasteiger partial charge is 0.454 e. The molecule has 1 saturated heterocycles. The lowest BCUT2D eigenvalue weighted by atomic mass is 9.58. The summed E-state index contributed by atoms with van der Waals surface area (Å²) in [4.78, 5) is 12.1. The zero-order chi connectivity index (χ0) is 14.5. The molecule has 0 amide bonds. The molecule has 2 aliphatic carbocycles. The van der Waals surface area contributed by atoms with Crippen molar-refractivity contribution in [1.29, 1.82) is 0 Å². The number of methoxy groups -OCH3 is 1. The van der Waals surface area contributed by atoms with E-state index in [9.17, 15) is 9.90 Å². The van der Waals surface area contributed by atoms with Crippen LogP contribution in [-0.2, 0) is 14.3 Å². The normalized spacial score (nSPS) is 44.1. The zero-order valence-electron chi connectivity index (χ0n) is 12.6. The molecule has 4 atom stereocenters. The van der Waals surface area contributed by atoms with E-state index in [1.54, 1.807) is 7.11 Å². The van der Waals surface area contributed by atoms with Gasteiger partial charge in [0.1, 0.15) is 11.5 Å². The molecule has 20 heavy (non-hydrogen) atoms. The van der Waals surface area contributed by atoms with Gasteiger partial charge in [0.15, 0.2) is 6.10 Å². The van der Waals surface area contributed by atoms with E-state index < -0.39 is 17.6 Å². The summed E-state index contributed by atoms with van der Waals surface area (Å²) in [5.41, 5.74) is 1.49. The van der Waals surface area contributed by atoms with E-state index in [1.807, 2.05) is 0 Å². The van der Waals surface area contributed by atoms with Crippen LogP contribution in [0.25, 0.3) is 0 Å². The van der Waals surface area contributed by atoms with Crippen molar-refractivity contribution >= 4 is 5.97 Å². The van der Waals surface area contributed by atoms with Gasteiger partial charge in [-0.3, -0.25) is 4.79 Å². The summed E-state index contributed by atoms with van der Waals surface area (Å²) in [7, 11) is 1.56. The Morgan fingerprint density at radius 2 is 2.15 bits per heavy atom. The maximum Gasteiger partial charge on any atom is 0.315 e. The van der Waals surface area contributed by atoms with E-state index in [4.69, 9.17) is 9.47 Å². The van der Waals surface area contributed by atoms with Crippen LogP contribution in [0.3, 0.4) is 0 Å². The Morgan fingerprint density at radius 1 is 1.40 bits per heavy atom. The van der Waals surface area contributed by atoms with Crippen LogP contribution in [-0.4, -0.2) is 36.5 Å². The number of hydrogen-bond acceptors (Lipinski definition) is 4. The molecule has 2 fully saturated rings. The van der Waals surface area contributed by atoms with Gasteiger partial charge in [-0.25, -0.2) is 0 Å². The second-order valence-corrected chi connectivity index (χ2v) is 6.92. The predicted octanol–water partition coefficient (Wildman–Crippen LogP) is 2.21. The SMILES string of the molecule is COC[C@H]1C(=O)OC2C3=C(C)CCC[C@]3(C)CCC21O. The van der Waals surface area contributed by atoms with E-state index in [-0.39, 0.29) is 18.0 Å². The van der Waals surface area contributed by atoms with Gasteiger partial charge in [0.25, 0.3) is 0 Å². The Bertz CT molecular complexity index is 469. The lowest BCUT2D eigenvalue weighted by Gasteiger charge is -2.49. The minimum absolute atomic E-state index is 0.0848. The summed E-state index contributed by atoms with van der Waals surface area (Å²) in [6.45, 7) is 4.60. The highest BCUT2D eigenvalue weighted by atomic mass is 16.6. The van der Waals surface area contributed by atoms with E-state index in [2.05, 4.69) is 13.8 Å². The monoisotopic (exact) mass is 280 g/mol. The third-order valence-electron chi connectivity index (χ3n) is 5.64. The Morgan fingerprint density at radius 3 is 2.85 bits per heavy atom. The van der Waals surface area contributed by atoms with E-state index in [0.29, 0.717) is 6.42 Å². The van der Waals surface area contributed by atoms with Gasteiger partial charge in [0.05, 0.1) is 6.61 Å². The molecule has 1 heterocycles. The third kappa shape index (κ3) is 1.77. The van der Waals surface area contributed by atoms with Crippen LogP contribution in [0, 0.1) is 11.3 Å². The predicted molar refractivity (Wildman–Crippen MR) is 74.1 cm³/mol. The summed E-state index contributed by atoms with van der Waals surface area (Å²) >= 11 is 0. The highest BCUT2D eigenvalue weighted by molar-refractivity contribution is 5.78. The number of esters is 1. The van der Waals surface area contributed by atoms with Crippen molar-refractivity contribution in [3.8, 4) is 0 Å². The fourth-order valence-electron chi connectivity index (χ4n) is 4.48. The Balaban J connectivity index is 2.03. The van der Waals surface area contributed by atoms with Crippen LogP contribution in [0.2, 0.25) is 0 Å². The highest BCUT2D eigenvalue weighted by Gasteiger charge is 2.63. The first-order valence-corrected chi connectivity index (χ1v) is 7.54. The molecule has 1 saturated carbocycles. The second kappa shape index (κ2) is 4.57. The molecule has 0 aromatic heterocycles. The van der Waals surface area contributed by atoms with Crippen molar-refractivity contribution in [2.75, 3.05) is 13.7 Å². The van der Waals surface area contributed by atoms with Gasteiger partial charge in [0.2, 0.25) is 0 Å². The summed E-state index contributed by atoms with van der Waals surface area (Å²) < 4.78 is 10.7. The first kappa shape index (κ1) is 14.1. The third-order valence-corrected chi connectivity index (χ3v) is 5.64. The average Bonchev–Trinajstić information content (AvgIpc) is 2.63. The molecule has 4 nitrogen and oxygen atoms in total. The standard InChI is InChI=1S/C16H24O4/c1-10-5-4-6-15(2)7-8-16(18)11(9-19-3)14(17)20-13(16)12(10)15/h11,13,18H,4-9H2,1-3H3/t11-,13?,15+,16?/m0/s1. The minimum Gasteiger partial charge on any atom is -0.454 e. The summed E-state index contributed by atoms with van der Waals surface area (Å²) in [5.74, 6) is -0.862. The molecule has 3 aliphatic rings. The van der Waals surface area contributed by atoms with Crippen LogP contribution >= 0.6 is 0 Å². The number of carbonyl (C=O) groups excluding carboxylic acids is 1. The maximum atomic E-state index is 12.1. The van der Waals surface area contributed by atoms with Gasteiger partial charge in [-0.1, -0.05) is 12.5 Å². The van der Waals surface area contributed by atoms with Gasteiger partial charge in [-0.05, 0) is 50.0 Å². The Labute approximate surface area is 120 Å². The summed E-state index contributed by atoms with van der Waals surface area (Å²) in [6, 6.07) is 0. The molecule has 0 bridgehead atoms. The van der Waals surface area contributed by atoms with Gasteiger partial charge < -0.3 is 14.6 Å². The Kier molecular flexibility index (Phi) is 3.22. The quantitative estimate of drug-likeness (QED) is 0.622. The fourth-order valence-corrected chi connectivity index (χ4v) is 4.48. The number of fused-ring (bicyclic) bond motifs is 3.